The van der Waals surface area contributed by atoms with Crippen molar-refractivity contribution in [3.63, 3.8) is 0 Å². The van der Waals surface area contributed by atoms with Crippen LogP contribution in [-0.4, -0.2) is 24.9 Å². The Morgan fingerprint density at radius 2 is 1.68 bits per heavy atom. The Hall–Kier alpha value is -0.840. The van der Waals surface area contributed by atoms with E-state index in [1.165, 1.54) is 13.0 Å². The maximum atomic E-state index is 10.7. The third-order valence-electron chi connectivity index (χ3n) is 1.49. The van der Waals surface area contributed by atoms with Crippen molar-refractivity contribution in [3.8, 4) is 0 Å². The van der Waals surface area contributed by atoms with Crippen molar-refractivity contribution in [2.24, 2.45) is 5.73 Å². The lowest BCUT2D eigenvalue weighted by atomic mass is 10.3. The fourth-order valence-corrected chi connectivity index (χ4v) is 1.01. The highest BCUT2D eigenvalue weighted by atomic mass is 35.5. The second-order valence-electron chi connectivity index (χ2n) is 3.02. The second kappa shape index (κ2) is 15.2. The molecule has 0 unspecified atom stereocenters. The average molecular weight is 312 g/mol. The summed E-state index contributed by atoms with van der Waals surface area (Å²) in [7, 11) is 0. The summed E-state index contributed by atoms with van der Waals surface area (Å²) >= 11 is 10.8. The Morgan fingerprint density at radius 1 is 1.16 bits per heavy atom. The summed E-state index contributed by atoms with van der Waals surface area (Å²) in [6, 6.07) is 0. The first kappa shape index (κ1) is 23.3. The van der Waals surface area contributed by atoms with Crippen molar-refractivity contribution in [3.05, 3.63) is 22.2 Å². The van der Waals surface area contributed by atoms with Gasteiger partial charge >= 0.3 is 5.97 Å². The van der Waals surface area contributed by atoms with Crippen LogP contribution in [0, 0.1) is 0 Å². The SMILES string of the molecule is C.CCC=C(Cl)C(C)=O.CCOC(=O)C(Cl)=CCN. The number of ketones is 1. The number of halogens is 2. The number of carbonyl (C=O) groups excluding carboxylic acids is 2. The molecule has 0 saturated heterocycles. The number of ether oxygens (including phenoxy) is 1. The lowest BCUT2D eigenvalue weighted by Gasteiger charge is -1.97. The number of allylic oxidation sites excluding steroid dienone is 2. The summed E-state index contributed by atoms with van der Waals surface area (Å²) < 4.78 is 4.56. The Labute approximate surface area is 125 Å². The number of rotatable bonds is 5. The van der Waals surface area contributed by atoms with E-state index < -0.39 is 5.97 Å². The van der Waals surface area contributed by atoms with Gasteiger partial charge in [-0.25, -0.2) is 4.79 Å². The fourth-order valence-electron chi connectivity index (χ4n) is 0.710. The molecule has 19 heavy (non-hydrogen) atoms. The van der Waals surface area contributed by atoms with Gasteiger partial charge in [0, 0.05) is 13.5 Å². The molecule has 0 rings (SSSR count). The number of hydrogen-bond acceptors (Lipinski definition) is 4. The van der Waals surface area contributed by atoms with Gasteiger partial charge < -0.3 is 10.5 Å². The van der Waals surface area contributed by atoms with Gasteiger partial charge in [0.1, 0.15) is 5.03 Å². The van der Waals surface area contributed by atoms with Gasteiger partial charge in [0.25, 0.3) is 0 Å². The van der Waals surface area contributed by atoms with E-state index >= 15 is 0 Å². The molecule has 4 nitrogen and oxygen atoms in total. The van der Waals surface area contributed by atoms with Crippen molar-refractivity contribution >= 4 is 35.0 Å². The molecule has 0 aliphatic rings. The second-order valence-corrected chi connectivity index (χ2v) is 3.84. The number of Topliss-reactive ketones (excluding diaryl/α,β-unsaturated/α-hetero) is 1. The van der Waals surface area contributed by atoms with Crippen LogP contribution in [0.3, 0.4) is 0 Å². The number of nitrogens with two attached hydrogens (primary N) is 1. The standard InChI is InChI=1S/C6H10ClNO2.C6H9ClO.CH4/c1-2-10-6(9)5(7)3-4-8;1-3-4-6(7)5(2)8;/h3H,2,4,8H2,1H3;4H,3H2,1-2H3;1H4. The van der Waals surface area contributed by atoms with Crippen LogP contribution in [0.1, 0.15) is 34.6 Å². The summed E-state index contributed by atoms with van der Waals surface area (Å²) in [4.78, 5) is 21.0. The van der Waals surface area contributed by atoms with Crippen LogP contribution in [0.5, 0.6) is 0 Å². The third kappa shape index (κ3) is 15.1. The number of hydrogen-bond donors (Lipinski definition) is 1. The minimum atomic E-state index is -0.519. The zero-order chi connectivity index (χ0) is 14.6. The molecule has 0 aromatic carbocycles. The zero-order valence-corrected chi connectivity index (χ0v) is 12.3. The van der Waals surface area contributed by atoms with Gasteiger partial charge in [-0.3, -0.25) is 4.79 Å². The molecule has 0 aliphatic carbocycles. The smallest absolute Gasteiger partial charge is 0.349 e. The van der Waals surface area contributed by atoms with E-state index in [-0.39, 0.29) is 24.8 Å². The quantitative estimate of drug-likeness (QED) is 0.624. The first-order valence-electron chi connectivity index (χ1n) is 5.50. The minimum Gasteiger partial charge on any atom is -0.462 e. The molecule has 2 N–H and O–H groups in total. The number of carbonyl (C=O) groups is 2. The predicted molar refractivity (Wildman–Crippen MR) is 81.3 cm³/mol. The van der Waals surface area contributed by atoms with E-state index in [1.807, 2.05) is 6.92 Å². The van der Waals surface area contributed by atoms with Crippen LogP contribution in [0.25, 0.3) is 0 Å². The summed E-state index contributed by atoms with van der Waals surface area (Å²) in [5, 5.41) is 0.386. The monoisotopic (exact) mass is 311 g/mol. The highest BCUT2D eigenvalue weighted by Gasteiger charge is 2.04. The molecule has 0 aromatic heterocycles. The van der Waals surface area contributed by atoms with E-state index in [0.29, 0.717) is 11.6 Å². The molecule has 0 fully saturated rings. The summed E-state index contributed by atoms with van der Waals surface area (Å²) in [6.07, 6.45) is 3.92. The highest BCUT2D eigenvalue weighted by Crippen LogP contribution is 2.02. The maximum absolute atomic E-state index is 10.7. The minimum absolute atomic E-state index is 0. The Morgan fingerprint density at radius 3 is 1.95 bits per heavy atom. The van der Waals surface area contributed by atoms with E-state index in [0.717, 1.165) is 6.42 Å². The zero-order valence-electron chi connectivity index (χ0n) is 10.8. The highest BCUT2D eigenvalue weighted by molar-refractivity contribution is 6.42. The van der Waals surface area contributed by atoms with Crippen LogP contribution >= 0.6 is 23.2 Å². The first-order chi connectivity index (χ1) is 8.40. The molecule has 6 heteroatoms. The predicted octanol–water partition coefficient (Wildman–Crippen LogP) is 3.38. The summed E-state index contributed by atoms with van der Waals surface area (Å²) in [5.74, 6) is -0.580. The lowest BCUT2D eigenvalue weighted by Crippen LogP contribution is -2.05. The van der Waals surface area contributed by atoms with Crippen molar-refractivity contribution in [1.82, 2.24) is 0 Å². The Bertz CT molecular complexity index is 326. The first-order valence-corrected chi connectivity index (χ1v) is 6.25. The molecular formula is C13H23Cl2NO3. The van der Waals surface area contributed by atoms with Gasteiger partial charge in [-0.15, -0.1) is 0 Å². The molecule has 0 aliphatic heterocycles. The summed E-state index contributed by atoms with van der Waals surface area (Å²) in [6.45, 7) is 5.68. The number of esters is 1. The molecule has 0 bridgehead atoms. The van der Waals surface area contributed by atoms with E-state index in [1.54, 1.807) is 13.0 Å². The van der Waals surface area contributed by atoms with Crippen LogP contribution in [0.15, 0.2) is 22.2 Å². The Balaban J connectivity index is -0.000000262. The third-order valence-corrected chi connectivity index (χ3v) is 2.22. The van der Waals surface area contributed by atoms with Crippen molar-refractivity contribution in [2.75, 3.05) is 13.2 Å². The normalized spacial score (nSPS) is 10.8. The van der Waals surface area contributed by atoms with Crippen molar-refractivity contribution in [2.45, 2.75) is 34.6 Å². The van der Waals surface area contributed by atoms with Crippen LogP contribution in [-0.2, 0) is 14.3 Å². The molecule has 0 saturated carbocycles. The van der Waals surface area contributed by atoms with Gasteiger partial charge in [0.05, 0.1) is 11.6 Å². The molecular weight excluding hydrogens is 289 g/mol. The van der Waals surface area contributed by atoms with E-state index in [4.69, 9.17) is 28.9 Å². The van der Waals surface area contributed by atoms with Crippen LogP contribution < -0.4 is 5.73 Å². The summed E-state index contributed by atoms with van der Waals surface area (Å²) in [5.41, 5.74) is 5.09. The van der Waals surface area contributed by atoms with Gasteiger partial charge in [0.2, 0.25) is 0 Å². The van der Waals surface area contributed by atoms with Gasteiger partial charge in [-0.1, -0.05) is 43.6 Å². The van der Waals surface area contributed by atoms with E-state index in [2.05, 4.69) is 4.74 Å². The van der Waals surface area contributed by atoms with Gasteiger partial charge in [-0.2, -0.15) is 0 Å². The van der Waals surface area contributed by atoms with Crippen molar-refractivity contribution < 1.29 is 14.3 Å². The van der Waals surface area contributed by atoms with Crippen molar-refractivity contribution in [1.29, 1.82) is 0 Å². The van der Waals surface area contributed by atoms with E-state index in [9.17, 15) is 9.59 Å². The molecule has 0 atom stereocenters. The molecule has 112 valence electrons. The van der Waals surface area contributed by atoms with Gasteiger partial charge in [0.15, 0.2) is 5.78 Å². The average Bonchev–Trinajstić information content (AvgIpc) is 2.30. The molecule has 0 amide bonds. The largest absolute Gasteiger partial charge is 0.462 e. The molecule has 0 heterocycles. The molecule has 0 aromatic rings. The van der Waals surface area contributed by atoms with Gasteiger partial charge in [-0.05, 0) is 19.4 Å². The molecule has 0 radical (unpaired) electrons. The van der Waals surface area contributed by atoms with Crippen LogP contribution in [0.2, 0.25) is 0 Å². The fraction of sp³-hybridized carbons (Fsp3) is 0.538. The molecule has 0 spiro atoms. The maximum Gasteiger partial charge on any atom is 0.349 e. The van der Waals surface area contributed by atoms with Crippen LogP contribution in [0.4, 0.5) is 0 Å². The Kier molecular flexibility index (Phi) is 18.6. The lowest BCUT2D eigenvalue weighted by molar-refractivity contribution is -0.137. The topological polar surface area (TPSA) is 69.4 Å².